The van der Waals surface area contributed by atoms with Crippen LogP contribution >= 0.6 is 0 Å². The van der Waals surface area contributed by atoms with Crippen LogP contribution in [-0.4, -0.2) is 33.0 Å². The number of carbonyl (C=O) groups is 2. The fraction of sp³-hybridized carbons (Fsp3) is 0.667. The van der Waals surface area contributed by atoms with Gasteiger partial charge in [0, 0.05) is 17.7 Å². The fourth-order valence-electron chi connectivity index (χ4n) is 4.17. The summed E-state index contributed by atoms with van der Waals surface area (Å²) < 4.78 is 6.69. The van der Waals surface area contributed by atoms with Crippen molar-refractivity contribution in [2.24, 2.45) is 11.8 Å². The van der Waals surface area contributed by atoms with Gasteiger partial charge in [-0.2, -0.15) is 0 Å². The molecule has 28 heavy (non-hydrogen) atoms. The Morgan fingerprint density at radius 1 is 1.25 bits per heavy atom. The molecule has 7 heteroatoms. The van der Waals surface area contributed by atoms with E-state index in [2.05, 4.69) is 18.1 Å². The molecule has 0 radical (unpaired) electrons. The van der Waals surface area contributed by atoms with E-state index in [9.17, 15) is 14.7 Å². The summed E-state index contributed by atoms with van der Waals surface area (Å²) in [5.41, 5.74) is 1.02. The average molecular weight is 389 g/mol. The zero-order chi connectivity index (χ0) is 20.3. The van der Waals surface area contributed by atoms with Gasteiger partial charge in [0.2, 0.25) is 11.7 Å². The summed E-state index contributed by atoms with van der Waals surface area (Å²) >= 11 is 0. The molecule has 1 N–H and O–H groups in total. The van der Waals surface area contributed by atoms with E-state index < -0.39 is 6.16 Å². The number of carboxylic acid groups (broad SMARTS) is 1. The Kier molecular flexibility index (Phi) is 6.42. The first-order chi connectivity index (χ1) is 13.4. The summed E-state index contributed by atoms with van der Waals surface area (Å²) in [5.74, 6) is 1.04. The van der Waals surface area contributed by atoms with Gasteiger partial charge in [0.1, 0.15) is 0 Å². The van der Waals surface area contributed by atoms with Gasteiger partial charge < -0.3 is 9.84 Å². The van der Waals surface area contributed by atoms with Gasteiger partial charge in [0.05, 0.1) is 6.20 Å². The van der Waals surface area contributed by atoms with E-state index in [1.807, 2.05) is 13.8 Å². The number of amides is 1. The van der Waals surface area contributed by atoms with Crippen LogP contribution in [0.15, 0.2) is 12.3 Å². The van der Waals surface area contributed by atoms with Crippen LogP contribution < -0.4 is 9.64 Å². The quantitative estimate of drug-likeness (QED) is 0.722. The lowest BCUT2D eigenvalue weighted by molar-refractivity contribution is -0.124. The Morgan fingerprint density at radius 2 is 1.96 bits per heavy atom. The zero-order valence-corrected chi connectivity index (χ0v) is 17.1. The number of aromatic nitrogens is 2. The molecule has 2 aliphatic rings. The summed E-state index contributed by atoms with van der Waals surface area (Å²) in [4.78, 5) is 26.2. The molecule has 0 atom stereocenters. The van der Waals surface area contributed by atoms with Gasteiger partial charge in [-0.3, -0.25) is 9.69 Å². The van der Waals surface area contributed by atoms with E-state index in [0.717, 1.165) is 57.1 Å². The first-order valence-electron chi connectivity index (χ1n) is 10.4. The summed E-state index contributed by atoms with van der Waals surface area (Å²) in [6.45, 7) is 6.07. The van der Waals surface area contributed by atoms with Gasteiger partial charge in [-0.05, 0) is 71.1 Å². The molecule has 1 aromatic heterocycles. The topological polar surface area (TPSA) is 84.7 Å². The number of hydrogen-bond acceptors (Lipinski definition) is 4. The molecule has 7 nitrogen and oxygen atoms in total. The standard InChI is InChI=1S/C21H31N3O4/c1-14(2)24(20(25)16-11-9-15(3)10-12-16)19-18(28-21(26)27)13-23(22-19)17-7-5-4-6-8-17/h7,13-16H,4-6,8-12H2,1-3H3,(H,26,27)/t15-,16-. The maximum Gasteiger partial charge on any atom is 0.511 e. The van der Waals surface area contributed by atoms with Crippen LogP contribution in [0.3, 0.4) is 0 Å². The first kappa shape index (κ1) is 20.4. The van der Waals surface area contributed by atoms with Gasteiger partial charge in [-0.1, -0.05) is 13.0 Å². The van der Waals surface area contributed by atoms with Crippen molar-refractivity contribution in [2.45, 2.75) is 78.2 Å². The number of rotatable bonds is 5. The van der Waals surface area contributed by atoms with E-state index >= 15 is 0 Å². The highest BCUT2D eigenvalue weighted by Gasteiger charge is 2.34. The minimum absolute atomic E-state index is 0.0139. The maximum absolute atomic E-state index is 13.3. The highest BCUT2D eigenvalue weighted by Crippen LogP contribution is 2.36. The van der Waals surface area contributed by atoms with Crippen molar-refractivity contribution < 1.29 is 19.4 Å². The molecule has 1 aromatic rings. The van der Waals surface area contributed by atoms with Crippen molar-refractivity contribution in [3.8, 4) is 5.75 Å². The zero-order valence-electron chi connectivity index (χ0n) is 17.1. The lowest BCUT2D eigenvalue weighted by atomic mass is 9.82. The molecule has 0 saturated heterocycles. The molecule has 0 unspecified atom stereocenters. The highest BCUT2D eigenvalue weighted by molar-refractivity contribution is 5.96. The monoisotopic (exact) mass is 389 g/mol. The fourth-order valence-corrected chi connectivity index (χ4v) is 4.17. The van der Waals surface area contributed by atoms with Gasteiger partial charge >= 0.3 is 6.16 Å². The van der Waals surface area contributed by atoms with Crippen molar-refractivity contribution in [1.29, 1.82) is 0 Å². The Morgan fingerprint density at radius 3 is 2.54 bits per heavy atom. The van der Waals surface area contributed by atoms with Gasteiger partial charge in [-0.15, -0.1) is 5.10 Å². The third kappa shape index (κ3) is 4.56. The Bertz CT molecular complexity index is 745. The number of nitrogens with zero attached hydrogens (tertiary/aromatic N) is 3. The molecule has 2 aliphatic carbocycles. The highest BCUT2D eigenvalue weighted by atomic mass is 16.7. The molecule has 0 spiro atoms. The Balaban J connectivity index is 1.94. The summed E-state index contributed by atoms with van der Waals surface area (Å²) in [6.07, 6.45) is 10.2. The molecule has 1 fully saturated rings. The molecular weight excluding hydrogens is 358 g/mol. The van der Waals surface area contributed by atoms with Gasteiger partial charge in [-0.25, -0.2) is 9.48 Å². The predicted molar refractivity (Wildman–Crippen MR) is 107 cm³/mol. The summed E-state index contributed by atoms with van der Waals surface area (Å²) in [5, 5.41) is 13.8. The smallest absolute Gasteiger partial charge is 0.449 e. The van der Waals surface area contributed by atoms with E-state index in [0.29, 0.717) is 11.7 Å². The van der Waals surface area contributed by atoms with E-state index in [4.69, 9.17) is 4.74 Å². The van der Waals surface area contributed by atoms with Crippen LogP contribution in [0.2, 0.25) is 0 Å². The molecular formula is C21H31N3O4. The molecule has 3 rings (SSSR count). The Labute approximate surface area is 166 Å². The van der Waals surface area contributed by atoms with Crippen molar-refractivity contribution in [1.82, 2.24) is 9.78 Å². The summed E-state index contributed by atoms with van der Waals surface area (Å²) in [7, 11) is 0. The average Bonchev–Trinajstić information content (AvgIpc) is 3.05. The normalized spacial score (nSPS) is 22.6. The van der Waals surface area contributed by atoms with Crippen LogP contribution in [0.1, 0.15) is 72.1 Å². The number of hydrogen-bond donors (Lipinski definition) is 1. The van der Waals surface area contributed by atoms with Crippen molar-refractivity contribution in [3.63, 3.8) is 0 Å². The SMILES string of the molecule is CC(C)N(c1nn(C2=CCCCC2)cc1OC(=O)O)C(=O)[C@H]1CC[C@H](C)CC1. The summed E-state index contributed by atoms with van der Waals surface area (Å²) in [6, 6.07) is -0.147. The van der Waals surface area contributed by atoms with Crippen LogP contribution in [0.4, 0.5) is 10.6 Å². The third-order valence-corrected chi connectivity index (χ3v) is 5.77. The van der Waals surface area contributed by atoms with Crippen molar-refractivity contribution in [2.75, 3.05) is 4.90 Å². The van der Waals surface area contributed by atoms with Gasteiger partial charge in [0.15, 0.2) is 5.75 Å². The van der Waals surface area contributed by atoms with Crippen LogP contribution in [0, 0.1) is 11.8 Å². The second-order valence-electron chi connectivity index (χ2n) is 8.33. The van der Waals surface area contributed by atoms with Crippen molar-refractivity contribution >= 4 is 23.6 Å². The number of ether oxygens (including phenoxy) is 1. The van der Waals surface area contributed by atoms with Crippen molar-refractivity contribution in [3.05, 3.63) is 12.3 Å². The lowest BCUT2D eigenvalue weighted by Crippen LogP contribution is -2.42. The molecule has 1 saturated carbocycles. The first-order valence-corrected chi connectivity index (χ1v) is 10.4. The molecule has 1 amide bonds. The molecule has 1 heterocycles. The number of allylic oxidation sites excluding steroid dienone is 2. The molecule has 0 aromatic carbocycles. The van der Waals surface area contributed by atoms with Crippen LogP contribution in [-0.2, 0) is 4.79 Å². The Hall–Kier alpha value is -2.31. The van der Waals surface area contributed by atoms with E-state index in [-0.39, 0.29) is 23.6 Å². The predicted octanol–water partition coefficient (Wildman–Crippen LogP) is 4.92. The number of anilines is 1. The second-order valence-corrected chi connectivity index (χ2v) is 8.33. The van der Waals surface area contributed by atoms with Gasteiger partial charge in [0.25, 0.3) is 0 Å². The lowest BCUT2D eigenvalue weighted by Gasteiger charge is -2.32. The minimum Gasteiger partial charge on any atom is -0.449 e. The van der Waals surface area contributed by atoms with E-state index in [1.54, 1.807) is 15.8 Å². The molecule has 0 bridgehead atoms. The largest absolute Gasteiger partial charge is 0.511 e. The minimum atomic E-state index is -1.40. The van der Waals surface area contributed by atoms with E-state index in [1.165, 1.54) is 0 Å². The third-order valence-electron chi connectivity index (χ3n) is 5.77. The molecule has 154 valence electrons. The van der Waals surface area contributed by atoms with Crippen LogP contribution in [0.25, 0.3) is 5.70 Å². The van der Waals surface area contributed by atoms with Crippen LogP contribution in [0.5, 0.6) is 5.75 Å². The second kappa shape index (κ2) is 8.80. The molecule has 0 aliphatic heterocycles. The number of carbonyl (C=O) groups excluding carboxylic acids is 1. The maximum atomic E-state index is 13.3.